The Hall–Kier alpha value is -0.680. The molecule has 3 saturated heterocycles. The van der Waals surface area contributed by atoms with Crippen molar-refractivity contribution in [1.82, 2.24) is 0 Å². The van der Waals surface area contributed by atoms with Gasteiger partial charge in [-0.25, -0.2) is 4.89 Å². The van der Waals surface area contributed by atoms with Crippen molar-refractivity contribution in [1.29, 1.82) is 0 Å². The minimum atomic E-state index is -1.90. The third kappa shape index (κ3) is 5.92. The van der Waals surface area contributed by atoms with E-state index in [1.807, 2.05) is 0 Å². The van der Waals surface area contributed by atoms with Gasteiger partial charge in [0.2, 0.25) is 0 Å². The minimum Gasteiger partial charge on any atom is -0.394 e. The average Bonchev–Trinajstić information content (AvgIpc) is 2.85. The Labute approximate surface area is 197 Å². The standard InChI is InChI=1S/C18H32O17/c19-1-4-7(21)8(22)12(26)17(32-4)30-3-6-15(35-29)10(24)13(27)18(33-6)34-14-5(2-20)31-16(28)11(25)9(14)23/h4-29H,1-3H2/t4?,5-,6?,7-,8-,9?,10+,11?,12?,13?,14+,15+,16+,17-,18-/m0/s1. The van der Waals surface area contributed by atoms with Crippen molar-refractivity contribution in [3.63, 3.8) is 0 Å². The van der Waals surface area contributed by atoms with E-state index in [0.29, 0.717) is 0 Å². The van der Waals surface area contributed by atoms with Crippen molar-refractivity contribution < 1.29 is 84.9 Å². The summed E-state index contributed by atoms with van der Waals surface area (Å²) in [5.74, 6) is 0. The molecule has 0 radical (unpaired) electrons. The second-order valence-electron chi connectivity index (χ2n) is 8.45. The third-order valence-electron chi connectivity index (χ3n) is 6.17. The van der Waals surface area contributed by atoms with Crippen LogP contribution in [0.25, 0.3) is 0 Å². The van der Waals surface area contributed by atoms with Crippen molar-refractivity contribution in [2.45, 2.75) is 92.1 Å². The zero-order valence-electron chi connectivity index (χ0n) is 18.2. The van der Waals surface area contributed by atoms with Gasteiger partial charge in [0.25, 0.3) is 0 Å². The maximum absolute atomic E-state index is 10.4. The molecule has 0 aromatic carbocycles. The fourth-order valence-corrected chi connectivity index (χ4v) is 4.07. The van der Waals surface area contributed by atoms with Crippen LogP contribution in [-0.4, -0.2) is 168 Å². The van der Waals surface area contributed by atoms with E-state index in [1.54, 1.807) is 0 Å². The summed E-state index contributed by atoms with van der Waals surface area (Å²) >= 11 is 0. The Kier molecular flexibility index (Phi) is 10.1. The van der Waals surface area contributed by atoms with E-state index in [1.165, 1.54) is 0 Å². The van der Waals surface area contributed by atoms with Gasteiger partial charge in [-0.1, -0.05) is 0 Å². The first-order chi connectivity index (χ1) is 16.5. The van der Waals surface area contributed by atoms with Crippen LogP contribution in [0.15, 0.2) is 0 Å². The molecule has 3 aliphatic heterocycles. The number of ether oxygens (including phenoxy) is 5. The summed E-state index contributed by atoms with van der Waals surface area (Å²) in [6.07, 6.45) is -25.0. The van der Waals surface area contributed by atoms with Gasteiger partial charge in [0.15, 0.2) is 18.9 Å². The SMILES string of the molecule is OCC1O[C@H](OCC2O[C@@H](O[C@H]3C(O)C(O)[C@H](O)O[C@H]3CO)C(O)[C@@H](O)[C@@H]2OO)C(O)[C@@H](O)[C@H]1O. The molecule has 17 nitrogen and oxygen atoms in total. The Morgan fingerprint density at radius 2 is 1.11 bits per heavy atom. The van der Waals surface area contributed by atoms with Crippen LogP contribution in [0.4, 0.5) is 0 Å². The second kappa shape index (κ2) is 12.2. The van der Waals surface area contributed by atoms with Gasteiger partial charge in [-0.05, 0) is 0 Å². The quantitative estimate of drug-likeness (QED) is 0.105. The Bertz CT molecular complexity index is 653. The van der Waals surface area contributed by atoms with Crippen LogP contribution in [0.3, 0.4) is 0 Å². The molecule has 17 heteroatoms. The van der Waals surface area contributed by atoms with Gasteiger partial charge in [-0.15, -0.1) is 0 Å². The zero-order chi connectivity index (χ0) is 26.0. The number of hydrogen-bond donors (Lipinski definition) is 11. The van der Waals surface area contributed by atoms with Crippen LogP contribution >= 0.6 is 0 Å². The predicted molar refractivity (Wildman–Crippen MR) is 103 cm³/mol. The topological polar surface area (TPSA) is 278 Å². The Balaban J connectivity index is 1.70. The van der Waals surface area contributed by atoms with Crippen LogP contribution in [-0.2, 0) is 28.6 Å². The molecule has 0 amide bonds. The first-order valence-corrected chi connectivity index (χ1v) is 10.8. The van der Waals surface area contributed by atoms with E-state index in [9.17, 15) is 56.3 Å². The van der Waals surface area contributed by atoms with Gasteiger partial charge in [0, 0.05) is 0 Å². The van der Waals surface area contributed by atoms with E-state index in [0.717, 1.165) is 0 Å². The molecule has 11 N–H and O–H groups in total. The molecular formula is C18H32O17. The van der Waals surface area contributed by atoms with Gasteiger partial charge >= 0.3 is 0 Å². The van der Waals surface area contributed by atoms with Crippen molar-refractivity contribution in [3.8, 4) is 0 Å². The highest BCUT2D eigenvalue weighted by molar-refractivity contribution is 4.95. The van der Waals surface area contributed by atoms with E-state index in [2.05, 4.69) is 4.89 Å². The van der Waals surface area contributed by atoms with Crippen LogP contribution in [0.1, 0.15) is 0 Å². The van der Waals surface area contributed by atoms with Crippen molar-refractivity contribution in [3.05, 3.63) is 0 Å². The molecule has 0 spiro atoms. The average molecular weight is 520 g/mol. The molecule has 3 rings (SSSR count). The maximum atomic E-state index is 10.4. The largest absolute Gasteiger partial charge is 0.394 e. The highest BCUT2D eigenvalue weighted by atomic mass is 17.1. The van der Waals surface area contributed by atoms with E-state index in [4.69, 9.17) is 23.7 Å². The van der Waals surface area contributed by atoms with Gasteiger partial charge in [0.1, 0.15) is 73.2 Å². The molecule has 3 aliphatic rings. The number of aliphatic hydroxyl groups excluding tert-OH is 10. The summed E-state index contributed by atoms with van der Waals surface area (Å²) in [5.41, 5.74) is 0. The molecule has 3 heterocycles. The van der Waals surface area contributed by atoms with Crippen LogP contribution in [0.2, 0.25) is 0 Å². The van der Waals surface area contributed by atoms with Crippen LogP contribution in [0.5, 0.6) is 0 Å². The summed E-state index contributed by atoms with van der Waals surface area (Å²) in [7, 11) is 0. The lowest BCUT2D eigenvalue weighted by molar-refractivity contribution is -0.397. The molecule has 0 saturated carbocycles. The lowest BCUT2D eigenvalue weighted by atomic mass is 9.97. The first-order valence-electron chi connectivity index (χ1n) is 10.8. The Morgan fingerprint density at radius 1 is 0.543 bits per heavy atom. The smallest absolute Gasteiger partial charge is 0.187 e. The van der Waals surface area contributed by atoms with Crippen molar-refractivity contribution >= 4 is 0 Å². The molecule has 3 fully saturated rings. The normalized spacial score (nSPS) is 51.3. The van der Waals surface area contributed by atoms with Gasteiger partial charge in [0.05, 0.1) is 19.8 Å². The van der Waals surface area contributed by atoms with Crippen molar-refractivity contribution in [2.24, 2.45) is 0 Å². The lowest BCUT2D eigenvalue weighted by Gasteiger charge is -2.46. The van der Waals surface area contributed by atoms with Gasteiger partial charge in [-0.2, -0.15) is 0 Å². The maximum Gasteiger partial charge on any atom is 0.187 e. The molecule has 0 aliphatic carbocycles. The molecular weight excluding hydrogens is 488 g/mol. The Morgan fingerprint density at radius 3 is 1.71 bits per heavy atom. The molecule has 0 bridgehead atoms. The molecule has 0 aromatic heterocycles. The lowest BCUT2D eigenvalue weighted by Crippen LogP contribution is -2.65. The van der Waals surface area contributed by atoms with E-state index in [-0.39, 0.29) is 0 Å². The second-order valence-corrected chi connectivity index (χ2v) is 8.45. The summed E-state index contributed by atoms with van der Waals surface area (Å²) in [4.78, 5) is 4.18. The van der Waals surface area contributed by atoms with Crippen molar-refractivity contribution in [2.75, 3.05) is 19.8 Å². The molecule has 35 heavy (non-hydrogen) atoms. The third-order valence-corrected chi connectivity index (χ3v) is 6.17. The number of aliphatic hydroxyl groups is 10. The molecule has 6 unspecified atom stereocenters. The fourth-order valence-electron chi connectivity index (χ4n) is 4.07. The van der Waals surface area contributed by atoms with Gasteiger partial charge in [-0.3, -0.25) is 5.26 Å². The fraction of sp³-hybridized carbons (Fsp3) is 1.00. The zero-order valence-corrected chi connectivity index (χ0v) is 18.2. The highest BCUT2D eigenvalue weighted by Crippen LogP contribution is 2.30. The molecule has 0 aromatic rings. The first kappa shape index (κ1) is 28.9. The summed E-state index contributed by atoms with van der Waals surface area (Å²) < 4.78 is 26.4. The van der Waals surface area contributed by atoms with Crippen LogP contribution in [0, 0.1) is 0 Å². The van der Waals surface area contributed by atoms with Crippen LogP contribution < -0.4 is 0 Å². The predicted octanol–water partition coefficient (Wildman–Crippen LogP) is -7.08. The van der Waals surface area contributed by atoms with Gasteiger partial charge < -0.3 is 74.7 Å². The number of rotatable bonds is 8. The highest BCUT2D eigenvalue weighted by Gasteiger charge is 2.52. The summed E-state index contributed by atoms with van der Waals surface area (Å²) in [6.45, 7) is -2.12. The summed E-state index contributed by atoms with van der Waals surface area (Å²) in [6, 6.07) is 0. The summed E-state index contributed by atoms with van der Waals surface area (Å²) in [5, 5.41) is 108. The van der Waals surface area contributed by atoms with E-state index >= 15 is 0 Å². The van der Waals surface area contributed by atoms with E-state index < -0.39 is 112 Å². The monoisotopic (exact) mass is 520 g/mol. The minimum absolute atomic E-state index is 0.633. The number of hydrogen-bond acceptors (Lipinski definition) is 17. The molecule has 206 valence electrons. The molecule has 15 atom stereocenters.